The van der Waals surface area contributed by atoms with Crippen LogP contribution in [0.4, 0.5) is 8.78 Å². The first-order valence-corrected chi connectivity index (χ1v) is 6.29. The lowest BCUT2D eigenvalue weighted by atomic mass is 10.1. The van der Waals surface area contributed by atoms with Crippen LogP contribution in [0.1, 0.15) is 43.5 Å². The molecule has 0 saturated heterocycles. The van der Waals surface area contributed by atoms with Gasteiger partial charge < -0.3 is 4.52 Å². The number of Topliss-reactive ketones (excluding diaryl/α,β-unsaturated/α-hetero) is 1. The minimum atomic E-state index is -0.654. The lowest BCUT2D eigenvalue weighted by molar-refractivity contribution is -0.120. The first-order chi connectivity index (χ1) is 9.49. The van der Waals surface area contributed by atoms with Gasteiger partial charge in [0.25, 0.3) is 0 Å². The summed E-state index contributed by atoms with van der Waals surface area (Å²) in [5.74, 6) is -1.26. The van der Waals surface area contributed by atoms with Gasteiger partial charge >= 0.3 is 0 Å². The van der Waals surface area contributed by atoms with Crippen molar-refractivity contribution in [1.82, 2.24) is 10.1 Å². The van der Waals surface area contributed by atoms with Gasteiger partial charge in [0.2, 0.25) is 5.89 Å². The second-order valence-electron chi connectivity index (χ2n) is 4.54. The fourth-order valence-corrected chi connectivity index (χ4v) is 1.85. The van der Waals surface area contributed by atoms with Crippen LogP contribution in [0.3, 0.4) is 0 Å². The van der Waals surface area contributed by atoms with Crippen LogP contribution in [-0.2, 0) is 11.2 Å². The number of nitrogens with zero attached hydrogens (tertiary/aromatic N) is 2. The molecule has 6 heteroatoms. The number of hydrogen-bond acceptors (Lipinski definition) is 4. The molecule has 1 aromatic carbocycles. The number of rotatable bonds is 5. The van der Waals surface area contributed by atoms with Crippen molar-refractivity contribution in [3.8, 4) is 0 Å². The molecule has 2 aromatic rings. The zero-order chi connectivity index (χ0) is 14.7. The third-order valence-corrected chi connectivity index (χ3v) is 2.97. The molecule has 20 heavy (non-hydrogen) atoms. The molecule has 0 aliphatic rings. The third kappa shape index (κ3) is 3.26. The number of carbonyl (C=O) groups is 1. The summed E-state index contributed by atoms with van der Waals surface area (Å²) in [6, 6.07) is 3.21. The highest BCUT2D eigenvalue weighted by atomic mass is 19.1. The van der Waals surface area contributed by atoms with E-state index in [2.05, 4.69) is 10.1 Å². The van der Waals surface area contributed by atoms with Gasteiger partial charge in [0, 0.05) is 18.9 Å². The van der Waals surface area contributed by atoms with E-state index in [1.54, 1.807) is 13.8 Å². The maximum atomic E-state index is 13.1. The Hall–Kier alpha value is -2.11. The predicted molar refractivity (Wildman–Crippen MR) is 67.2 cm³/mol. The zero-order valence-corrected chi connectivity index (χ0v) is 11.2. The quantitative estimate of drug-likeness (QED) is 0.844. The highest BCUT2D eigenvalue weighted by Gasteiger charge is 2.20. The largest absolute Gasteiger partial charge is 0.339 e. The van der Waals surface area contributed by atoms with Gasteiger partial charge in [-0.25, -0.2) is 8.78 Å². The van der Waals surface area contributed by atoms with Crippen LogP contribution in [0.2, 0.25) is 0 Å². The van der Waals surface area contributed by atoms with Gasteiger partial charge in [-0.2, -0.15) is 4.98 Å². The lowest BCUT2D eigenvalue weighted by Crippen LogP contribution is -2.07. The Morgan fingerprint density at radius 2 is 1.95 bits per heavy atom. The highest BCUT2D eigenvalue weighted by molar-refractivity contribution is 5.83. The van der Waals surface area contributed by atoms with Crippen LogP contribution >= 0.6 is 0 Å². The minimum absolute atomic E-state index is 0.00278. The molecule has 0 aliphatic carbocycles. The summed E-state index contributed by atoms with van der Waals surface area (Å²) in [5, 5.41) is 3.73. The van der Waals surface area contributed by atoms with E-state index in [9.17, 15) is 13.6 Å². The molecule has 0 amide bonds. The average molecular weight is 280 g/mol. The Balaban J connectivity index is 2.15. The summed E-state index contributed by atoms with van der Waals surface area (Å²) in [7, 11) is 0. The number of ketones is 1. The van der Waals surface area contributed by atoms with Gasteiger partial charge in [-0.1, -0.05) is 12.1 Å². The van der Waals surface area contributed by atoms with E-state index in [4.69, 9.17) is 4.52 Å². The van der Waals surface area contributed by atoms with E-state index in [1.807, 2.05) is 0 Å². The average Bonchev–Trinajstić information content (AvgIpc) is 2.84. The number of hydrogen-bond donors (Lipinski definition) is 0. The van der Waals surface area contributed by atoms with Crippen LogP contribution in [-0.4, -0.2) is 15.9 Å². The number of benzene rings is 1. The molecule has 0 bridgehead atoms. The Labute approximate surface area is 114 Å². The smallest absolute Gasteiger partial charge is 0.236 e. The fourth-order valence-electron chi connectivity index (χ4n) is 1.85. The van der Waals surface area contributed by atoms with E-state index in [0.29, 0.717) is 17.8 Å². The monoisotopic (exact) mass is 280 g/mol. The van der Waals surface area contributed by atoms with Gasteiger partial charge in [-0.15, -0.1) is 0 Å². The van der Waals surface area contributed by atoms with Crippen molar-refractivity contribution in [3.63, 3.8) is 0 Å². The third-order valence-electron chi connectivity index (χ3n) is 2.97. The number of aromatic nitrogens is 2. The van der Waals surface area contributed by atoms with Crippen molar-refractivity contribution in [2.24, 2.45) is 0 Å². The zero-order valence-electron chi connectivity index (χ0n) is 11.2. The molecule has 1 aromatic heterocycles. The molecular formula is C14H14F2N2O2. The summed E-state index contributed by atoms with van der Waals surface area (Å²) in [5.41, 5.74) is 0.407. The van der Waals surface area contributed by atoms with Crippen molar-refractivity contribution >= 4 is 5.78 Å². The molecule has 0 fully saturated rings. The van der Waals surface area contributed by atoms with Gasteiger partial charge in [0.15, 0.2) is 5.82 Å². The lowest BCUT2D eigenvalue weighted by Gasteiger charge is -2.01. The molecule has 1 atom stereocenters. The van der Waals surface area contributed by atoms with Gasteiger partial charge in [-0.05, 0) is 24.6 Å². The molecule has 0 aliphatic heterocycles. The van der Waals surface area contributed by atoms with Crippen molar-refractivity contribution < 1.29 is 18.1 Å². The molecule has 4 nitrogen and oxygen atoms in total. The van der Waals surface area contributed by atoms with Crippen molar-refractivity contribution in [2.45, 2.75) is 32.6 Å². The summed E-state index contributed by atoms with van der Waals surface area (Å²) in [4.78, 5) is 15.6. The summed E-state index contributed by atoms with van der Waals surface area (Å²) >= 11 is 0. The Kier molecular flexibility index (Phi) is 4.22. The van der Waals surface area contributed by atoms with E-state index >= 15 is 0 Å². The molecule has 0 saturated carbocycles. The molecule has 0 radical (unpaired) electrons. The molecule has 0 N–H and O–H groups in total. The summed E-state index contributed by atoms with van der Waals surface area (Å²) in [6.45, 7) is 3.44. The summed E-state index contributed by atoms with van der Waals surface area (Å²) < 4.78 is 31.1. The van der Waals surface area contributed by atoms with E-state index < -0.39 is 17.6 Å². The SMILES string of the molecule is CCC(=O)C(C)c1nc(Cc2cc(F)cc(F)c2)no1. The van der Waals surface area contributed by atoms with Crippen LogP contribution < -0.4 is 0 Å². The maximum Gasteiger partial charge on any atom is 0.236 e. The van der Waals surface area contributed by atoms with E-state index in [-0.39, 0.29) is 18.1 Å². The predicted octanol–water partition coefficient (Wildman–Crippen LogP) is 3.02. The first-order valence-electron chi connectivity index (χ1n) is 6.29. The molecular weight excluding hydrogens is 266 g/mol. The molecule has 2 rings (SSSR count). The highest BCUT2D eigenvalue weighted by Crippen LogP contribution is 2.17. The van der Waals surface area contributed by atoms with Crippen LogP contribution in [0, 0.1) is 11.6 Å². The van der Waals surface area contributed by atoms with Crippen LogP contribution in [0.15, 0.2) is 22.7 Å². The Morgan fingerprint density at radius 1 is 1.30 bits per heavy atom. The molecule has 0 spiro atoms. The number of carbonyl (C=O) groups excluding carboxylic acids is 1. The van der Waals surface area contributed by atoms with Crippen LogP contribution in [0.25, 0.3) is 0 Å². The van der Waals surface area contributed by atoms with Gasteiger partial charge in [-0.3, -0.25) is 4.79 Å². The second kappa shape index (κ2) is 5.90. The maximum absolute atomic E-state index is 13.1. The Bertz CT molecular complexity index is 605. The van der Waals surface area contributed by atoms with Gasteiger partial charge in [0.1, 0.15) is 17.4 Å². The van der Waals surface area contributed by atoms with Crippen molar-refractivity contribution in [2.75, 3.05) is 0 Å². The topological polar surface area (TPSA) is 56.0 Å². The fraction of sp³-hybridized carbons (Fsp3) is 0.357. The van der Waals surface area contributed by atoms with E-state index in [0.717, 1.165) is 6.07 Å². The minimum Gasteiger partial charge on any atom is -0.339 e. The van der Waals surface area contributed by atoms with Crippen molar-refractivity contribution in [3.05, 3.63) is 47.1 Å². The first kappa shape index (κ1) is 14.3. The number of halogens is 2. The van der Waals surface area contributed by atoms with E-state index in [1.165, 1.54) is 12.1 Å². The van der Waals surface area contributed by atoms with Gasteiger partial charge in [0.05, 0.1) is 5.92 Å². The van der Waals surface area contributed by atoms with Crippen molar-refractivity contribution in [1.29, 1.82) is 0 Å². The summed E-state index contributed by atoms with van der Waals surface area (Å²) in [6.07, 6.45) is 0.527. The second-order valence-corrected chi connectivity index (χ2v) is 4.54. The molecule has 1 unspecified atom stereocenters. The standard InChI is InChI=1S/C14H14F2N2O2/c1-3-12(19)8(2)14-17-13(18-20-14)6-9-4-10(15)7-11(16)5-9/h4-5,7-8H,3,6H2,1-2H3. The normalized spacial score (nSPS) is 12.4. The molecule has 1 heterocycles. The Morgan fingerprint density at radius 3 is 2.55 bits per heavy atom. The molecule has 106 valence electrons. The van der Waals surface area contributed by atoms with Crippen LogP contribution in [0.5, 0.6) is 0 Å².